The molecule has 14 heteroatoms. The Bertz CT molecular complexity index is 1050. The van der Waals surface area contributed by atoms with Crippen molar-refractivity contribution < 1.29 is 18.1 Å². The summed E-state index contributed by atoms with van der Waals surface area (Å²) in [7, 11) is -4.02. The quantitative estimate of drug-likeness (QED) is 0.270. The fraction of sp³-hybridized carbons (Fsp3) is 0.438. The van der Waals surface area contributed by atoms with Gasteiger partial charge in [0.15, 0.2) is 4.34 Å². The molecule has 162 valence electrons. The number of aromatic nitrogens is 2. The van der Waals surface area contributed by atoms with Gasteiger partial charge in [-0.05, 0) is 24.7 Å². The van der Waals surface area contributed by atoms with E-state index >= 15 is 0 Å². The first-order chi connectivity index (χ1) is 14.2. The number of piperidine rings is 1. The number of benzene rings is 1. The molecule has 1 aromatic heterocycles. The summed E-state index contributed by atoms with van der Waals surface area (Å²) >= 11 is 8.81. The molecule has 1 aromatic carbocycles. The highest BCUT2D eigenvalue weighted by Gasteiger charge is 2.34. The first-order valence-electron chi connectivity index (χ1n) is 8.93. The van der Waals surface area contributed by atoms with Gasteiger partial charge in [-0.1, -0.05) is 41.6 Å². The van der Waals surface area contributed by atoms with Crippen LogP contribution in [0.5, 0.6) is 0 Å². The number of thioether (sulfide) groups is 1. The van der Waals surface area contributed by atoms with Crippen LogP contribution in [0.15, 0.2) is 27.4 Å². The van der Waals surface area contributed by atoms with E-state index in [-0.39, 0.29) is 40.5 Å². The number of halogens is 1. The number of nitrogens with one attached hydrogen (secondary N) is 1. The summed E-state index contributed by atoms with van der Waals surface area (Å²) in [5, 5.41) is 21.9. The fourth-order valence-corrected chi connectivity index (χ4v) is 6.57. The molecule has 1 aliphatic heterocycles. The highest BCUT2D eigenvalue weighted by Crippen LogP contribution is 2.32. The number of non-ortho nitro benzene ring substituents is 1. The van der Waals surface area contributed by atoms with Crippen LogP contribution in [0.25, 0.3) is 0 Å². The second kappa shape index (κ2) is 9.56. The normalized spacial score (nSPS) is 15.8. The van der Waals surface area contributed by atoms with E-state index < -0.39 is 14.9 Å². The predicted molar refractivity (Wildman–Crippen MR) is 115 cm³/mol. The molecule has 0 aliphatic carbocycles. The van der Waals surface area contributed by atoms with Crippen molar-refractivity contribution in [3.8, 4) is 0 Å². The molecule has 1 aliphatic rings. The van der Waals surface area contributed by atoms with E-state index in [0.29, 0.717) is 18.0 Å². The number of nitro groups is 1. The van der Waals surface area contributed by atoms with E-state index in [9.17, 15) is 23.3 Å². The summed E-state index contributed by atoms with van der Waals surface area (Å²) in [5.41, 5.74) is -0.357. The van der Waals surface area contributed by atoms with Gasteiger partial charge in [0.1, 0.15) is 4.90 Å². The number of hydrogen-bond donors (Lipinski definition) is 1. The van der Waals surface area contributed by atoms with E-state index in [0.717, 1.165) is 22.2 Å². The molecule has 10 nitrogen and oxygen atoms in total. The van der Waals surface area contributed by atoms with Crippen molar-refractivity contribution in [3.05, 3.63) is 33.3 Å². The van der Waals surface area contributed by atoms with E-state index in [1.807, 2.05) is 6.92 Å². The van der Waals surface area contributed by atoms with Crippen LogP contribution in [-0.2, 0) is 14.8 Å². The fourth-order valence-electron chi connectivity index (χ4n) is 2.95. The molecular formula is C16H18ClN5O5S3. The largest absolute Gasteiger partial charge is 0.300 e. The summed E-state index contributed by atoms with van der Waals surface area (Å²) in [6.45, 7) is 2.20. The minimum atomic E-state index is -4.02. The van der Waals surface area contributed by atoms with Crippen LogP contribution in [0.2, 0.25) is 5.02 Å². The number of carbonyl (C=O) groups excluding carboxylic acids is 1. The van der Waals surface area contributed by atoms with Crippen LogP contribution in [0.4, 0.5) is 10.8 Å². The highest BCUT2D eigenvalue weighted by molar-refractivity contribution is 8.01. The maximum Gasteiger partial charge on any atom is 0.270 e. The Hall–Kier alpha value is -1.80. The molecule has 0 radical (unpaired) electrons. The van der Waals surface area contributed by atoms with E-state index in [2.05, 4.69) is 15.5 Å². The van der Waals surface area contributed by atoms with Crippen LogP contribution in [0.3, 0.4) is 0 Å². The number of hydrogen-bond acceptors (Lipinski definition) is 9. The van der Waals surface area contributed by atoms with Crippen molar-refractivity contribution in [1.29, 1.82) is 0 Å². The van der Waals surface area contributed by atoms with Crippen LogP contribution in [0.1, 0.15) is 19.8 Å². The Morgan fingerprint density at radius 3 is 2.73 bits per heavy atom. The Morgan fingerprint density at radius 1 is 1.40 bits per heavy atom. The van der Waals surface area contributed by atoms with Gasteiger partial charge in [-0.15, -0.1) is 10.2 Å². The zero-order valence-electron chi connectivity index (χ0n) is 15.8. The molecule has 0 spiro atoms. The van der Waals surface area contributed by atoms with Crippen molar-refractivity contribution in [2.75, 3.05) is 24.2 Å². The topological polar surface area (TPSA) is 135 Å². The Kier molecular flexibility index (Phi) is 7.29. The Morgan fingerprint density at radius 2 is 2.10 bits per heavy atom. The predicted octanol–water partition coefficient (Wildman–Crippen LogP) is 3.25. The lowest BCUT2D eigenvalue weighted by Gasteiger charge is -2.30. The SMILES string of the molecule is CCSc1nnc(NC(=O)C2CCN(S(=O)(=O)c3cc([N+](=O)[O-])ccc3Cl)CC2)s1. The van der Waals surface area contributed by atoms with E-state index in [1.54, 1.807) is 0 Å². The molecule has 30 heavy (non-hydrogen) atoms. The molecule has 0 atom stereocenters. The minimum absolute atomic E-state index is 0.0857. The number of anilines is 1. The number of nitro benzene ring substituents is 1. The van der Waals surface area contributed by atoms with Crippen molar-refractivity contribution in [3.63, 3.8) is 0 Å². The van der Waals surface area contributed by atoms with Crippen LogP contribution < -0.4 is 5.32 Å². The van der Waals surface area contributed by atoms with Crippen LogP contribution >= 0.6 is 34.7 Å². The van der Waals surface area contributed by atoms with Gasteiger partial charge in [0, 0.05) is 31.1 Å². The van der Waals surface area contributed by atoms with Gasteiger partial charge in [0.05, 0.1) is 9.95 Å². The minimum Gasteiger partial charge on any atom is -0.300 e. The van der Waals surface area contributed by atoms with Gasteiger partial charge >= 0.3 is 0 Å². The maximum absolute atomic E-state index is 12.9. The van der Waals surface area contributed by atoms with Gasteiger partial charge in [0.25, 0.3) is 5.69 Å². The van der Waals surface area contributed by atoms with Crippen LogP contribution in [0, 0.1) is 16.0 Å². The van der Waals surface area contributed by atoms with E-state index in [4.69, 9.17) is 11.6 Å². The third-order valence-corrected chi connectivity index (χ3v) is 8.71. The third kappa shape index (κ3) is 5.09. The average molecular weight is 492 g/mol. The molecule has 1 saturated heterocycles. The summed E-state index contributed by atoms with van der Waals surface area (Å²) in [6.07, 6.45) is 0.625. The van der Waals surface area contributed by atoms with Crippen molar-refractivity contribution in [2.45, 2.75) is 29.0 Å². The van der Waals surface area contributed by atoms with Crippen LogP contribution in [-0.4, -0.2) is 52.6 Å². The standard InChI is InChI=1S/C16H18ClN5O5S3/c1-2-28-16-20-19-15(29-16)18-14(23)10-5-7-21(8-6-10)30(26,27)13-9-11(22(24)25)3-4-12(13)17/h3-4,9-10H,2,5-8H2,1H3,(H,18,19,23). The molecule has 1 N–H and O–H groups in total. The molecule has 2 heterocycles. The lowest BCUT2D eigenvalue weighted by molar-refractivity contribution is -0.385. The van der Waals surface area contributed by atoms with Crippen molar-refractivity contribution >= 4 is 61.4 Å². The molecule has 0 saturated carbocycles. The zero-order valence-corrected chi connectivity index (χ0v) is 19.0. The van der Waals surface area contributed by atoms with Gasteiger partial charge in [-0.3, -0.25) is 14.9 Å². The molecule has 1 fully saturated rings. The monoisotopic (exact) mass is 491 g/mol. The number of carbonyl (C=O) groups is 1. The lowest BCUT2D eigenvalue weighted by Crippen LogP contribution is -2.41. The summed E-state index contributed by atoms with van der Waals surface area (Å²) in [5.74, 6) is 0.247. The molecular weight excluding hydrogens is 474 g/mol. The molecule has 3 rings (SSSR count). The second-order valence-electron chi connectivity index (χ2n) is 6.35. The van der Waals surface area contributed by atoms with Gasteiger partial charge in [-0.25, -0.2) is 8.42 Å². The number of nitrogens with zero attached hydrogens (tertiary/aromatic N) is 4. The highest BCUT2D eigenvalue weighted by atomic mass is 35.5. The Labute approximate surface area is 186 Å². The van der Waals surface area contributed by atoms with Gasteiger partial charge in [-0.2, -0.15) is 4.31 Å². The van der Waals surface area contributed by atoms with Gasteiger partial charge in [0.2, 0.25) is 21.1 Å². The second-order valence-corrected chi connectivity index (χ2v) is 11.1. The van der Waals surface area contributed by atoms with Crippen molar-refractivity contribution in [1.82, 2.24) is 14.5 Å². The number of amides is 1. The lowest BCUT2D eigenvalue weighted by atomic mass is 9.97. The molecule has 0 unspecified atom stereocenters. The molecule has 2 aromatic rings. The summed E-state index contributed by atoms with van der Waals surface area (Å²) in [4.78, 5) is 22.5. The van der Waals surface area contributed by atoms with Crippen molar-refractivity contribution in [2.24, 2.45) is 5.92 Å². The summed E-state index contributed by atoms with van der Waals surface area (Å²) in [6, 6.07) is 3.30. The Balaban J connectivity index is 1.65. The first-order valence-corrected chi connectivity index (χ1v) is 12.6. The number of sulfonamides is 1. The third-order valence-electron chi connectivity index (χ3n) is 4.47. The summed E-state index contributed by atoms with van der Waals surface area (Å²) < 4.78 is 27.8. The zero-order chi connectivity index (χ0) is 21.9. The molecule has 1 amide bonds. The smallest absolute Gasteiger partial charge is 0.270 e. The molecule has 0 bridgehead atoms. The number of rotatable bonds is 7. The average Bonchev–Trinajstić information content (AvgIpc) is 3.15. The van der Waals surface area contributed by atoms with E-state index in [1.165, 1.54) is 33.5 Å². The first kappa shape index (κ1) is 22.9. The van der Waals surface area contributed by atoms with Gasteiger partial charge < -0.3 is 5.32 Å². The maximum atomic E-state index is 12.9.